The van der Waals surface area contributed by atoms with Crippen LogP contribution < -0.4 is 15.5 Å². The van der Waals surface area contributed by atoms with Crippen molar-refractivity contribution in [2.75, 3.05) is 41.7 Å². The van der Waals surface area contributed by atoms with Crippen LogP contribution in [0.1, 0.15) is 0 Å². The first kappa shape index (κ1) is 23.9. The smallest absolute Gasteiger partial charge is 0.269 e. The number of anilines is 3. The van der Waals surface area contributed by atoms with E-state index in [2.05, 4.69) is 10.6 Å². The van der Waals surface area contributed by atoms with Crippen molar-refractivity contribution in [1.29, 1.82) is 0 Å². The van der Waals surface area contributed by atoms with Crippen LogP contribution in [0.3, 0.4) is 0 Å². The highest BCUT2D eigenvalue weighted by atomic mass is 16.6. The number of nitro benzene ring substituents is 3. The summed E-state index contributed by atoms with van der Waals surface area (Å²) in [6.07, 6.45) is 0. The summed E-state index contributed by atoms with van der Waals surface area (Å²) in [5, 5.41) is 39.0. The van der Waals surface area contributed by atoms with E-state index < -0.39 is 14.8 Å². The second-order valence-corrected chi connectivity index (χ2v) is 7.22. The monoisotopic (exact) mass is 466 g/mol. The van der Waals surface area contributed by atoms with Gasteiger partial charge >= 0.3 is 0 Å². The molecule has 2 N–H and O–H groups in total. The molecule has 0 unspecified atom stereocenters. The second-order valence-electron chi connectivity index (χ2n) is 7.22. The lowest BCUT2D eigenvalue weighted by Gasteiger charge is -2.25. The standard InChI is InChI=1S/C22H22N6O6/c29-26(30)20-5-1-17(2-6-20)23-13-15-25(19-9-11-22(12-10-19)28(33)34)16-14-24-18-3-7-21(8-4-18)27(31)32/h1-12,23-24H,13-16H2. The number of rotatable bonds is 12. The Hall–Kier alpha value is -4.74. The number of nitro groups is 3. The molecule has 3 aromatic rings. The quantitative estimate of drug-likeness (QED) is 0.291. The summed E-state index contributed by atoms with van der Waals surface area (Å²) in [6, 6.07) is 18.4. The van der Waals surface area contributed by atoms with E-state index in [1.54, 1.807) is 36.4 Å². The molecule has 0 aliphatic carbocycles. The van der Waals surface area contributed by atoms with Crippen LogP contribution in [0, 0.1) is 30.3 Å². The van der Waals surface area contributed by atoms with E-state index in [4.69, 9.17) is 0 Å². The molecular weight excluding hydrogens is 444 g/mol. The molecule has 0 aliphatic rings. The normalized spacial score (nSPS) is 10.4. The molecule has 0 heterocycles. The Kier molecular flexibility index (Phi) is 7.89. The van der Waals surface area contributed by atoms with Gasteiger partial charge in [-0.15, -0.1) is 0 Å². The maximum atomic E-state index is 11.0. The van der Waals surface area contributed by atoms with Crippen LogP contribution >= 0.6 is 0 Å². The lowest BCUT2D eigenvalue weighted by molar-refractivity contribution is -0.385. The van der Waals surface area contributed by atoms with Gasteiger partial charge in [-0.3, -0.25) is 30.3 Å². The predicted octanol–water partition coefficient (Wildman–Crippen LogP) is 4.44. The zero-order valence-electron chi connectivity index (χ0n) is 18.0. The van der Waals surface area contributed by atoms with Crippen molar-refractivity contribution in [3.63, 3.8) is 0 Å². The van der Waals surface area contributed by atoms with Crippen LogP contribution in [0.15, 0.2) is 72.8 Å². The van der Waals surface area contributed by atoms with E-state index in [9.17, 15) is 30.3 Å². The molecule has 34 heavy (non-hydrogen) atoms. The van der Waals surface area contributed by atoms with E-state index in [1.807, 2.05) is 4.90 Å². The van der Waals surface area contributed by atoms with Crippen molar-refractivity contribution < 1.29 is 14.8 Å². The molecule has 0 aromatic heterocycles. The van der Waals surface area contributed by atoms with Gasteiger partial charge in [-0.05, 0) is 36.4 Å². The molecule has 0 spiro atoms. The highest BCUT2D eigenvalue weighted by Crippen LogP contribution is 2.20. The molecule has 12 nitrogen and oxygen atoms in total. The van der Waals surface area contributed by atoms with Gasteiger partial charge in [0, 0.05) is 79.6 Å². The first-order valence-electron chi connectivity index (χ1n) is 10.3. The Balaban J connectivity index is 1.62. The molecule has 0 saturated carbocycles. The summed E-state index contributed by atoms with van der Waals surface area (Å²) in [6.45, 7) is 2.14. The molecule has 0 radical (unpaired) electrons. The average Bonchev–Trinajstić information content (AvgIpc) is 2.83. The SMILES string of the molecule is O=[N+]([O-])c1ccc(NCCN(CCNc2ccc([N+](=O)[O-])cc2)c2ccc([N+](=O)[O-])cc2)cc1. The first-order chi connectivity index (χ1) is 16.3. The van der Waals surface area contributed by atoms with E-state index in [0.717, 1.165) is 17.1 Å². The number of benzene rings is 3. The number of nitrogens with one attached hydrogen (secondary N) is 2. The maximum Gasteiger partial charge on any atom is 0.269 e. The molecule has 3 rings (SSSR count). The summed E-state index contributed by atoms with van der Waals surface area (Å²) in [5.41, 5.74) is 2.28. The minimum atomic E-state index is -0.460. The summed E-state index contributed by atoms with van der Waals surface area (Å²) in [7, 11) is 0. The second kappa shape index (κ2) is 11.2. The number of non-ortho nitro benzene ring substituents is 3. The van der Waals surface area contributed by atoms with Crippen molar-refractivity contribution in [2.45, 2.75) is 0 Å². The van der Waals surface area contributed by atoms with E-state index >= 15 is 0 Å². The highest BCUT2D eigenvalue weighted by Gasteiger charge is 2.11. The minimum Gasteiger partial charge on any atom is -0.383 e. The zero-order chi connectivity index (χ0) is 24.5. The van der Waals surface area contributed by atoms with Crippen LogP contribution in [-0.2, 0) is 0 Å². The van der Waals surface area contributed by atoms with Crippen molar-refractivity contribution >= 4 is 34.1 Å². The van der Waals surface area contributed by atoms with Crippen LogP contribution in [0.2, 0.25) is 0 Å². The molecule has 0 atom stereocenters. The van der Waals surface area contributed by atoms with Crippen LogP contribution in [-0.4, -0.2) is 40.9 Å². The molecule has 0 fully saturated rings. The molecule has 12 heteroatoms. The fourth-order valence-electron chi connectivity index (χ4n) is 3.23. The predicted molar refractivity (Wildman–Crippen MR) is 128 cm³/mol. The average molecular weight is 466 g/mol. The Morgan fingerprint density at radius 2 is 0.882 bits per heavy atom. The summed E-state index contributed by atoms with van der Waals surface area (Å²) in [5.74, 6) is 0. The number of hydrogen-bond acceptors (Lipinski definition) is 9. The van der Waals surface area contributed by atoms with E-state index in [1.165, 1.54) is 36.4 Å². The molecule has 0 bridgehead atoms. The van der Waals surface area contributed by atoms with Gasteiger partial charge in [0.25, 0.3) is 17.1 Å². The lowest BCUT2D eigenvalue weighted by atomic mass is 10.2. The molecule has 0 saturated heterocycles. The summed E-state index contributed by atoms with van der Waals surface area (Å²) < 4.78 is 0. The molecule has 0 aliphatic heterocycles. The third-order valence-corrected chi connectivity index (χ3v) is 5.00. The number of nitrogens with zero attached hydrogens (tertiary/aromatic N) is 4. The van der Waals surface area contributed by atoms with Crippen molar-refractivity contribution in [2.24, 2.45) is 0 Å². The van der Waals surface area contributed by atoms with Crippen molar-refractivity contribution in [1.82, 2.24) is 0 Å². The van der Waals surface area contributed by atoms with Crippen LogP contribution in [0.5, 0.6) is 0 Å². The van der Waals surface area contributed by atoms with Gasteiger partial charge in [-0.25, -0.2) is 0 Å². The highest BCUT2D eigenvalue weighted by molar-refractivity contribution is 5.53. The van der Waals surface area contributed by atoms with E-state index in [0.29, 0.717) is 26.2 Å². The van der Waals surface area contributed by atoms with Gasteiger partial charge in [-0.2, -0.15) is 0 Å². The summed E-state index contributed by atoms with van der Waals surface area (Å²) >= 11 is 0. The molecule has 176 valence electrons. The molecule has 0 amide bonds. The third-order valence-electron chi connectivity index (χ3n) is 5.00. The topological polar surface area (TPSA) is 157 Å². The Bertz CT molecular complexity index is 1070. The lowest BCUT2D eigenvalue weighted by Crippen LogP contribution is -2.33. The fraction of sp³-hybridized carbons (Fsp3) is 0.182. The molecular formula is C22H22N6O6. The van der Waals surface area contributed by atoms with Gasteiger partial charge in [0.1, 0.15) is 0 Å². The van der Waals surface area contributed by atoms with Crippen molar-refractivity contribution in [3.8, 4) is 0 Å². The zero-order valence-corrected chi connectivity index (χ0v) is 18.0. The van der Waals surface area contributed by atoms with Gasteiger partial charge in [0.15, 0.2) is 0 Å². The van der Waals surface area contributed by atoms with Gasteiger partial charge in [0.05, 0.1) is 14.8 Å². The summed E-state index contributed by atoms with van der Waals surface area (Å²) in [4.78, 5) is 33.2. The van der Waals surface area contributed by atoms with Gasteiger partial charge in [0.2, 0.25) is 0 Å². The Labute approximate surface area is 194 Å². The maximum absolute atomic E-state index is 11.0. The third kappa shape index (κ3) is 6.63. The Morgan fingerprint density at radius 1 is 0.559 bits per heavy atom. The first-order valence-corrected chi connectivity index (χ1v) is 10.3. The van der Waals surface area contributed by atoms with Gasteiger partial charge in [-0.1, -0.05) is 0 Å². The fourth-order valence-corrected chi connectivity index (χ4v) is 3.23. The van der Waals surface area contributed by atoms with Crippen LogP contribution in [0.25, 0.3) is 0 Å². The van der Waals surface area contributed by atoms with Crippen molar-refractivity contribution in [3.05, 3.63) is 103 Å². The van der Waals surface area contributed by atoms with E-state index in [-0.39, 0.29) is 17.1 Å². The molecule has 3 aromatic carbocycles. The minimum absolute atomic E-state index is 0.00305. The largest absolute Gasteiger partial charge is 0.383 e. The Morgan fingerprint density at radius 3 is 1.21 bits per heavy atom. The van der Waals surface area contributed by atoms with Gasteiger partial charge < -0.3 is 15.5 Å². The number of hydrogen-bond donors (Lipinski definition) is 2. The van der Waals surface area contributed by atoms with Crippen LogP contribution in [0.4, 0.5) is 34.1 Å².